The number of halogens is 4. The summed E-state index contributed by atoms with van der Waals surface area (Å²) in [5, 5.41) is 12.6. The molecular weight excluding hydrogens is 293 g/mol. The number of hydrogen-bond acceptors (Lipinski definition) is 3. The SMILES string of the molecule is N#CC(NCC(F)(F)F)c1sccc1Br. The lowest BCUT2D eigenvalue weighted by atomic mass is 10.2. The van der Waals surface area contributed by atoms with Crippen molar-refractivity contribution in [3.05, 3.63) is 20.8 Å². The molecular formula is C8H6BrF3N2S. The zero-order valence-corrected chi connectivity index (χ0v) is 9.71. The molecule has 1 aromatic rings. The highest BCUT2D eigenvalue weighted by molar-refractivity contribution is 9.10. The first-order valence-corrected chi connectivity index (χ1v) is 5.54. The Hall–Kier alpha value is -0.580. The van der Waals surface area contributed by atoms with Crippen LogP contribution in [0.4, 0.5) is 13.2 Å². The zero-order chi connectivity index (χ0) is 11.5. The van der Waals surface area contributed by atoms with Gasteiger partial charge in [-0.15, -0.1) is 11.3 Å². The van der Waals surface area contributed by atoms with Crippen LogP contribution in [-0.4, -0.2) is 12.7 Å². The maximum Gasteiger partial charge on any atom is 0.401 e. The van der Waals surface area contributed by atoms with Crippen molar-refractivity contribution in [2.75, 3.05) is 6.54 Å². The van der Waals surface area contributed by atoms with E-state index in [1.165, 1.54) is 11.3 Å². The van der Waals surface area contributed by atoms with Gasteiger partial charge in [0.2, 0.25) is 0 Å². The lowest BCUT2D eigenvalue weighted by Crippen LogP contribution is -2.31. The summed E-state index contributed by atoms with van der Waals surface area (Å²) in [6, 6.07) is 2.55. The van der Waals surface area contributed by atoms with Gasteiger partial charge >= 0.3 is 6.18 Å². The smallest absolute Gasteiger partial charge is 0.289 e. The van der Waals surface area contributed by atoms with E-state index in [1.807, 2.05) is 0 Å². The van der Waals surface area contributed by atoms with E-state index in [-0.39, 0.29) is 0 Å². The van der Waals surface area contributed by atoms with Crippen LogP contribution in [0.2, 0.25) is 0 Å². The fourth-order valence-corrected chi connectivity index (χ4v) is 2.55. The average molecular weight is 299 g/mol. The van der Waals surface area contributed by atoms with E-state index in [9.17, 15) is 13.2 Å². The molecule has 0 radical (unpaired) electrons. The highest BCUT2D eigenvalue weighted by Crippen LogP contribution is 2.29. The van der Waals surface area contributed by atoms with Gasteiger partial charge in [-0.25, -0.2) is 0 Å². The van der Waals surface area contributed by atoms with E-state index in [0.717, 1.165) is 0 Å². The number of nitrogens with zero attached hydrogens (tertiary/aromatic N) is 1. The summed E-state index contributed by atoms with van der Waals surface area (Å²) in [5.41, 5.74) is 0. The Morgan fingerprint density at radius 1 is 1.60 bits per heavy atom. The van der Waals surface area contributed by atoms with Gasteiger partial charge in [0.25, 0.3) is 0 Å². The molecule has 0 aliphatic heterocycles. The van der Waals surface area contributed by atoms with Gasteiger partial charge in [0, 0.05) is 4.47 Å². The Morgan fingerprint density at radius 3 is 2.67 bits per heavy atom. The maximum atomic E-state index is 11.9. The summed E-state index contributed by atoms with van der Waals surface area (Å²) in [5.74, 6) is 0. The van der Waals surface area contributed by atoms with Gasteiger partial charge in [-0.05, 0) is 27.4 Å². The van der Waals surface area contributed by atoms with Crippen molar-refractivity contribution >= 4 is 27.3 Å². The van der Waals surface area contributed by atoms with Crippen molar-refractivity contribution in [2.45, 2.75) is 12.2 Å². The molecule has 0 saturated heterocycles. The molecule has 1 aromatic heterocycles. The topological polar surface area (TPSA) is 35.8 Å². The van der Waals surface area contributed by atoms with Crippen LogP contribution in [0.3, 0.4) is 0 Å². The molecule has 15 heavy (non-hydrogen) atoms. The summed E-state index contributed by atoms with van der Waals surface area (Å²) in [6.45, 7) is -1.17. The Balaban J connectivity index is 2.67. The van der Waals surface area contributed by atoms with Crippen LogP contribution in [0.1, 0.15) is 10.9 Å². The third-order valence-electron chi connectivity index (χ3n) is 1.54. The van der Waals surface area contributed by atoms with Crippen molar-refractivity contribution in [1.29, 1.82) is 5.26 Å². The first-order chi connectivity index (χ1) is 6.94. The second kappa shape index (κ2) is 4.96. The van der Waals surface area contributed by atoms with Crippen LogP contribution in [0.15, 0.2) is 15.9 Å². The second-order valence-electron chi connectivity index (χ2n) is 2.69. The molecule has 0 aromatic carbocycles. The summed E-state index contributed by atoms with van der Waals surface area (Å²) < 4.78 is 36.4. The molecule has 82 valence electrons. The second-order valence-corrected chi connectivity index (χ2v) is 4.49. The van der Waals surface area contributed by atoms with Crippen LogP contribution in [0.25, 0.3) is 0 Å². The van der Waals surface area contributed by atoms with Gasteiger partial charge in [0.1, 0.15) is 6.04 Å². The molecule has 0 fully saturated rings. The normalized spacial score (nSPS) is 13.5. The Labute approximate surface area is 96.8 Å². The Morgan fingerprint density at radius 2 is 2.27 bits per heavy atom. The largest absolute Gasteiger partial charge is 0.401 e. The quantitative estimate of drug-likeness (QED) is 0.930. The standard InChI is InChI=1S/C8H6BrF3N2S/c9-5-1-2-15-7(5)6(3-13)14-4-8(10,11)12/h1-2,6,14H,4H2. The molecule has 0 aliphatic carbocycles. The summed E-state index contributed by atoms with van der Waals surface area (Å²) in [6.07, 6.45) is -4.31. The molecule has 2 nitrogen and oxygen atoms in total. The van der Waals surface area contributed by atoms with Gasteiger partial charge in [0.05, 0.1) is 17.5 Å². The molecule has 0 amide bonds. The molecule has 0 spiro atoms. The highest BCUT2D eigenvalue weighted by Gasteiger charge is 2.29. The number of alkyl halides is 3. The molecule has 0 aliphatic rings. The van der Waals surface area contributed by atoms with Crippen LogP contribution < -0.4 is 5.32 Å². The van der Waals surface area contributed by atoms with Crippen molar-refractivity contribution in [3.8, 4) is 6.07 Å². The lowest BCUT2D eigenvalue weighted by Gasteiger charge is -2.12. The molecule has 1 N–H and O–H groups in total. The molecule has 1 unspecified atom stereocenters. The van der Waals surface area contributed by atoms with Gasteiger partial charge in [-0.2, -0.15) is 18.4 Å². The van der Waals surface area contributed by atoms with Gasteiger partial charge in [-0.1, -0.05) is 0 Å². The van der Waals surface area contributed by atoms with E-state index >= 15 is 0 Å². The number of nitrogens with one attached hydrogen (secondary N) is 1. The minimum Gasteiger partial charge on any atom is -0.289 e. The van der Waals surface area contributed by atoms with Crippen LogP contribution in [-0.2, 0) is 0 Å². The number of nitriles is 1. The van der Waals surface area contributed by atoms with Gasteiger partial charge in [0.15, 0.2) is 0 Å². The first-order valence-electron chi connectivity index (χ1n) is 3.86. The number of rotatable bonds is 3. The predicted molar refractivity (Wildman–Crippen MR) is 54.4 cm³/mol. The van der Waals surface area contributed by atoms with E-state index < -0.39 is 18.8 Å². The number of thiophene rings is 1. The minimum absolute atomic E-state index is 0.557. The molecule has 7 heteroatoms. The van der Waals surface area contributed by atoms with Crippen LogP contribution in [0, 0.1) is 11.3 Å². The predicted octanol–water partition coefficient (Wildman–Crippen LogP) is 3.23. The zero-order valence-electron chi connectivity index (χ0n) is 7.31. The summed E-state index contributed by atoms with van der Waals surface area (Å²) in [7, 11) is 0. The van der Waals surface area contributed by atoms with Gasteiger partial charge in [-0.3, -0.25) is 5.32 Å². The third kappa shape index (κ3) is 3.81. The molecule has 0 bridgehead atoms. The van der Waals surface area contributed by atoms with E-state index in [1.54, 1.807) is 17.5 Å². The molecule has 1 rings (SSSR count). The summed E-state index contributed by atoms with van der Waals surface area (Å²) in [4.78, 5) is 0.557. The molecule has 1 heterocycles. The summed E-state index contributed by atoms with van der Waals surface area (Å²) >= 11 is 4.40. The minimum atomic E-state index is -4.31. The van der Waals surface area contributed by atoms with Crippen molar-refractivity contribution in [2.24, 2.45) is 0 Å². The van der Waals surface area contributed by atoms with Crippen molar-refractivity contribution in [1.82, 2.24) is 5.32 Å². The molecule has 1 atom stereocenters. The lowest BCUT2D eigenvalue weighted by molar-refractivity contribution is -0.125. The Bertz CT molecular complexity index is 369. The van der Waals surface area contributed by atoms with E-state index in [0.29, 0.717) is 9.35 Å². The van der Waals surface area contributed by atoms with Crippen molar-refractivity contribution < 1.29 is 13.2 Å². The maximum absolute atomic E-state index is 11.9. The third-order valence-corrected chi connectivity index (χ3v) is 3.48. The monoisotopic (exact) mass is 298 g/mol. The van der Waals surface area contributed by atoms with Crippen LogP contribution >= 0.6 is 27.3 Å². The number of hydrogen-bond donors (Lipinski definition) is 1. The average Bonchev–Trinajstić information content (AvgIpc) is 2.52. The molecule has 0 saturated carbocycles. The Kier molecular flexibility index (Phi) is 4.13. The van der Waals surface area contributed by atoms with Crippen molar-refractivity contribution in [3.63, 3.8) is 0 Å². The van der Waals surface area contributed by atoms with Crippen LogP contribution in [0.5, 0.6) is 0 Å². The van der Waals surface area contributed by atoms with Gasteiger partial charge < -0.3 is 0 Å². The highest BCUT2D eigenvalue weighted by atomic mass is 79.9. The fourth-order valence-electron chi connectivity index (χ4n) is 0.926. The van der Waals surface area contributed by atoms with E-state index in [2.05, 4.69) is 21.2 Å². The fraction of sp³-hybridized carbons (Fsp3) is 0.375. The van der Waals surface area contributed by atoms with E-state index in [4.69, 9.17) is 5.26 Å². The first kappa shape index (κ1) is 12.5.